The van der Waals surface area contributed by atoms with Gasteiger partial charge in [0, 0.05) is 6.54 Å². The molecular weight excluding hydrogens is 384 g/mol. The quantitative estimate of drug-likeness (QED) is 0.612. The van der Waals surface area contributed by atoms with Crippen molar-refractivity contribution < 1.29 is 9.90 Å². The number of benzene rings is 2. The molecule has 1 fully saturated rings. The third-order valence-electron chi connectivity index (χ3n) is 6.49. The van der Waals surface area contributed by atoms with Gasteiger partial charge in [-0.3, -0.25) is 10.1 Å². The maximum atomic E-state index is 13.5. The van der Waals surface area contributed by atoms with Crippen LogP contribution in [0.4, 0.5) is 0 Å². The second-order valence-corrected chi connectivity index (χ2v) is 9.91. The van der Waals surface area contributed by atoms with Crippen molar-refractivity contribution >= 4 is 5.91 Å². The van der Waals surface area contributed by atoms with Crippen LogP contribution in [0.25, 0.3) is 0 Å². The standard InChI is InChI=1S/C27H38N2O2/c1-5-6-17-23-28-24(26(31)29(23)19-21-15-11-8-12-16-21)25(30)22(27(2,3)4)18-20-13-9-7-10-14-20/h7-16,22-25,28,30H,5-6,17-19H2,1-4H3/t22?,23?,24-,25+/m0/s1. The summed E-state index contributed by atoms with van der Waals surface area (Å²) in [6.07, 6.45) is 2.98. The van der Waals surface area contributed by atoms with Gasteiger partial charge in [-0.15, -0.1) is 0 Å². The molecule has 2 aromatic carbocycles. The summed E-state index contributed by atoms with van der Waals surface area (Å²) in [5, 5.41) is 15.0. The van der Waals surface area contributed by atoms with E-state index in [-0.39, 0.29) is 23.4 Å². The zero-order valence-corrected chi connectivity index (χ0v) is 19.4. The van der Waals surface area contributed by atoms with Crippen molar-refractivity contribution in [2.75, 3.05) is 0 Å². The number of amides is 1. The van der Waals surface area contributed by atoms with E-state index in [0.29, 0.717) is 6.54 Å². The average Bonchev–Trinajstić information content (AvgIpc) is 3.06. The average molecular weight is 423 g/mol. The maximum Gasteiger partial charge on any atom is 0.244 e. The molecule has 2 aromatic rings. The number of rotatable bonds is 9. The third kappa shape index (κ3) is 5.96. The van der Waals surface area contributed by atoms with Crippen LogP contribution in [0.2, 0.25) is 0 Å². The molecule has 2 unspecified atom stereocenters. The summed E-state index contributed by atoms with van der Waals surface area (Å²) in [5.41, 5.74) is 2.17. The molecule has 168 valence electrons. The zero-order chi connectivity index (χ0) is 22.4. The summed E-state index contributed by atoms with van der Waals surface area (Å²) < 4.78 is 0. The number of unbranched alkanes of at least 4 members (excludes halogenated alkanes) is 1. The van der Waals surface area contributed by atoms with Gasteiger partial charge >= 0.3 is 0 Å². The number of hydrogen-bond acceptors (Lipinski definition) is 3. The number of aliphatic hydroxyl groups excluding tert-OH is 1. The van der Waals surface area contributed by atoms with Crippen molar-refractivity contribution in [1.82, 2.24) is 10.2 Å². The van der Waals surface area contributed by atoms with Crippen molar-refractivity contribution in [3.8, 4) is 0 Å². The monoisotopic (exact) mass is 422 g/mol. The summed E-state index contributed by atoms with van der Waals surface area (Å²) in [6.45, 7) is 9.20. The third-order valence-corrected chi connectivity index (χ3v) is 6.49. The molecule has 1 aliphatic heterocycles. The van der Waals surface area contributed by atoms with E-state index in [2.05, 4.69) is 57.3 Å². The summed E-state index contributed by atoms with van der Waals surface area (Å²) in [4.78, 5) is 15.4. The Kier molecular flexibility index (Phi) is 7.90. The first kappa shape index (κ1) is 23.5. The van der Waals surface area contributed by atoms with Crippen molar-refractivity contribution in [2.45, 2.75) is 78.2 Å². The van der Waals surface area contributed by atoms with Crippen LogP contribution in [-0.2, 0) is 17.8 Å². The normalized spacial score (nSPS) is 21.3. The molecule has 0 spiro atoms. The van der Waals surface area contributed by atoms with Crippen LogP contribution in [-0.4, -0.2) is 34.2 Å². The summed E-state index contributed by atoms with van der Waals surface area (Å²) in [6, 6.07) is 19.8. The predicted molar refractivity (Wildman–Crippen MR) is 126 cm³/mol. The van der Waals surface area contributed by atoms with Gasteiger partial charge in [-0.05, 0) is 35.3 Å². The van der Waals surface area contributed by atoms with Crippen LogP contribution in [0.3, 0.4) is 0 Å². The summed E-state index contributed by atoms with van der Waals surface area (Å²) in [7, 11) is 0. The molecule has 0 aromatic heterocycles. The number of carbonyl (C=O) groups excluding carboxylic acids is 1. The number of aliphatic hydroxyl groups is 1. The molecule has 2 N–H and O–H groups in total. The first-order chi connectivity index (χ1) is 14.8. The minimum atomic E-state index is -0.752. The fourth-order valence-electron chi connectivity index (χ4n) is 4.59. The summed E-state index contributed by atoms with van der Waals surface area (Å²) >= 11 is 0. The van der Waals surface area contributed by atoms with E-state index in [9.17, 15) is 9.90 Å². The van der Waals surface area contributed by atoms with Crippen molar-refractivity contribution in [3.63, 3.8) is 0 Å². The lowest BCUT2D eigenvalue weighted by atomic mass is 9.72. The predicted octanol–water partition coefficient (Wildman–Crippen LogP) is 4.77. The molecule has 3 rings (SSSR count). The topological polar surface area (TPSA) is 52.6 Å². The fourth-order valence-corrected chi connectivity index (χ4v) is 4.59. The SMILES string of the molecule is CCCCC1N[C@@H]([C@H](O)C(Cc2ccccc2)C(C)(C)C)C(=O)N1Cc1ccccc1. The molecule has 0 saturated carbocycles. The van der Waals surface area contributed by atoms with E-state index in [0.717, 1.165) is 31.2 Å². The Morgan fingerprint density at radius 1 is 1.00 bits per heavy atom. The van der Waals surface area contributed by atoms with E-state index in [1.165, 1.54) is 5.56 Å². The largest absolute Gasteiger partial charge is 0.391 e. The van der Waals surface area contributed by atoms with Gasteiger partial charge in [0.1, 0.15) is 6.04 Å². The number of nitrogens with one attached hydrogen (secondary N) is 1. The van der Waals surface area contributed by atoms with Gasteiger partial charge in [-0.1, -0.05) is 101 Å². The van der Waals surface area contributed by atoms with Crippen molar-refractivity contribution in [3.05, 3.63) is 71.8 Å². The van der Waals surface area contributed by atoms with Gasteiger partial charge in [-0.25, -0.2) is 0 Å². The smallest absolute Gasteiger partial charge is 0.244 e. The van der Waals surface area contributed by atoms with Gasteiger partial charge in [0.25, 0.3) is 0 Å². The van der Waals surface area contributed by atoms with E-state index >= 15 is 0 Å². The van der Waals surface area contributed by atoms with Crippen LogP contribution in [0, 0.1) is 11.3 Å². The molecule has 1 amide bonds. The molecule has 4 atom stereocenters. The zero-order valence-electron chi connectivity index (χ0n) is 19.4. The molecule has 0 radical (unpaired) electrons. The minimum absolute atomic E-state index is 0.0137. The van der Waals surface area contributed by atoms with Crippen molar-refractivity contribution in [1.29, 1.82) is 0 Å². The highest BCUT2D eigenvalue weighted by molar-refractivity contribution is 5.85. The van der Waals surface area contributed by atoms with Gasteiger partial charge in [0.2, 0.25) is 5.91 Å². The van der Waals surface area contributed by atoms with Crippen LogP contribution < -0.4 is 5.32 Å². The second kappa shape index (κ2) is 10.4. The molecular formula is C27H38N2O2. The van der Waals surface area contributed by atoms with Crippen molar-refractivity contribution in [2.24, 2.45) is 11.3 Å². The number of nitrogens with zero attached hydrogens (tertiary/aromatic N) is 1. The van der Waals surface area contributed by atoms with Crippen LogP contribution in [0.15, 0.2) is 60.7 Å². The Morgan fingerprint density at radius 3 is 2.13 bits per heavy atom. The van der Waals surface area contributed by atoms with Crippen LogP contribution >= 0.6 is 0 Å². The lowest BCUT2D eigenvalue weighted by molar-refractivity contribution is -0.134. The Labute approximate surface area is 187 Å². The highest BCUT2D eigenvalue weighted by atomic mass is 16.3. The van der Waals surface area contributed by atoms with Gasteiger partial charge in [0.05, 0.1) is 12.3 Å². The number of carbonyl (C=O) groups is 1. The molecule has 4 heteroatoms. The first-order valence-corrected chi connectivity index (χ1v) is 11.6. The lowest BCUT2D eigenvalue weighted by Crippen LogP contribution is -2.49. The van der Waals surface area contributed by atoms with Crippen LogP contribution in [0.5, 0.6) is 0 Å². The highest BCUT2D eigenvalue weighted by Crippen LogP contribution is 2.35. The van der Waals surface area contributed by atoms with E-state index in [4.69, 9.17) is 0 Å². The van der Waals surface area contributed by atoms with Gasteiger partial charge in [-0.2, -0.15) is 0 Å². The lowest BCUT2D eigenvalue weighted by Gasteiger charge is -2.36. The molecule has 4 nitrogen and oxygen atoms in total. The Morgan fingerprint density at radius 2 is 1.58 bits per heavy atom. The maximum absolute atomic E-state index is 13.5. The molecule has 1 aliphatic rings. The fraction of sp³-hybridized carbons (Fsp3) is 0.519. The molecule has 0 aliphatic carbocycles. The Balaban J connectivity index is 1.82. The Bertz CT molecular complexity index is 816. The molecule has 31 heavy (non-hydrogen) atoms. The molecule has 0 bridgehead atoms. The minimum Gasteiger partial charge on any atom is -0.391 e. The molecule has 1 saturated heterocycles. The first-order valence-electron chi connectivity index (χ1n) is 11.6. The van der Waals surface area contributed by atoms with E-state index in [1.54, 1.807) is 0 Å². The van der Waals surface area contributed by atoms with Gasteiger partial charge in [0.15, 0.2) is 0 Å². The Hall–Kier alpha value is -2.17. The molecule has 1 heterocycles. The summed E-state index contributed by atoms with van der Waals surface area (Å²) in [5.74, 6) is -0.0281. The highest BCUT2D eigenvalue weighted by Gasteiger charge is 2.46. The van der Waals surface area contributed by atoms with Crippen LogP contribution in [0.1, 0.15) is 58.1 Å². The number of hydrogen-bond donors (Lipinski definition) is 2. The second-order valence-electron chi connectivity index (χ2n) is 9.91. The van der Waals surface area contributed by atoms with Gasteiger partial charge < -0.3 is 10.0 Å². The van der Waals surface area contributed by atoms with E-state index in [1.807, 2.05) is 41.3 Å². The van der Waals surface area contributed by atoms with E-state index < -0.39 is 12.1 Å².